The fraction of sp³-hybridized carbons (Fsp3) is 0.320. The predicted molar refractivity (Wildman–Crippen MR) is 140 cm³/mol. The molecule has 11 heteroatoms. The van der Waals surface area contributed by atoms with Gasteiger partial charge in [0.2, 0.25) is 0 Å². The molecule has 1 saturated heterocycles. The van der Waals surface area contributed by atoms with E-state index in [2.05, 4.69) is 25.3 Å². The second-order valence-electron chi connectivity index (χ2n) is 9.25. The minimum absolute atomic E-state index is 0.00116. The third-order valence-electron chi connectivity index (χ3n) is 6.51. The molecule has 1 aromatic carbocycles. The van der Waals surface area contributed by atoms with Gasteiger partial charge in [-0.25, -0.2) is 9.97 Å². The zero-order valence-electron chi connectivity index (χ0n) is 20.5. The fourth-order valence-corrected chi connectivity index (χ4v) is 4.63. The minimum Gasteiger partial charge on any atom is -0.378 e. The predicted octanol–water partition coefficient (Wildman–Crippen LogP) is 2.28. The lowest BCUT2D eigenvalue weighted by Crippen LogP contribution is -2.40. The third kappa shape index (κ3) is 4.47. The van der Waals surface area contributed by atoms with E-state index in [-0.39, 0.29) is 23.1 Å². The van der Waals surface area contributed by atoms with Gasteiger partial charge in [-0.2, -0.15) is 5.10 Å². The Kier molecular flexibility index (Phi) is 6.05. The first-order valence-electron chi connectivity index (χ1n) is 11.8. The summed E-state index contributed by atoms with van der Waals surface area (Å²) in [4.78, 5) is 38.4. The standard InChI is InChI=1S/C25H29N9O2/c1-31(2)18-6-7-20-16(11-18)8-10-34(25(20)36)19-5-4-9-33(15-19)21-13-27-22(23(26)35)24(30-21)29-17-12-28-32(3)14-17/h6-8,10-14,19H,4-5,9,15H2,1-3H3,(H2,26,35)(H,29,30). The molecule has 1 amide bonds. The number of fused-ring (bicyclic) bond motifs is 1. The number of anilines is 4. The van der Waals surface area contributed by atoms with Gasteiger partial charge in [-0.05, 0) is 42.5 Å². The van der Waals surface area contributed by atoms with E-state index in [1.165, 1.54) is 0 Å². The van der Waals surface area contributed by atoms with E-state index in [4.69, 9.17) is 5.73 Å². The maximum atomic E-state index is 13.4. The monoisotopic (exact) mass is 487 g/mol. The molecular weight excluding hydrogens is 458 g/mol. The molecule has 11 nitrogen and oxygen atoms in total. The summed E-state index contributed by atoms with van der Waals surface area (Å²) in [6, 6.07) is 7.88. The fourth-order valence-electron chi connectivity index (χ4n) is 4.63. The average Bonchev–Trinajstić information content (AvgIpc) is 3.28. The van der Waals surface area contributed by atoms with Crippen LogP contribution in [0, 0.1) is 0 Å². The third-order valence-corrected chi connectivity index (χ3v) is 6.51. The number of carbonyl (C=O) groups is 1. The van der Waals surface area contributed by atoms with Crippen molar-refractivity contribution in [2.45, 2.75) is 18.9 Å². The summed E-state index contributed by atoms with van der Waals surface area (Å²) in [5.74, 6) is 0.215. The Morgan fingerprint density at radius 2 is 2.06 bits per heavy atom. The molecule has 4 heterocycles. The maximum absolute atomic E-state index is 13.4. The van der Waals surface area contributed by atoms with E-state index >= 15 is 0 Å². The largest absolute Gasteiger partial charge is 0.378 e. The number of nitrogens with one attached hydrogen (secondary N) is 1. The molecule has 0 saturated carbocycles. The first-order chi connectivity index (χ1) is 17.3. The topological polar surface area (TPSA) is 127 Å². The van der Waals surface area contributed by atoms with Gasteiger partial charge in [-0.1, -0.05) is 0 Å². The number of aromatic nitrogens is 5. The summed E-state index contributed by atoms with van der Waals surface area (Å²) < 4.78 is 3.46. The van der Waals surface area contributed by atoms with Crippen LogP contribution in [0.15, 0.2) is 53.8 Å². The summed E-state index contributed by atoms with van der Waals surface area (Å²) >= 11 is 0. The minimum atomic E-state index is -0.669. The highest BCUT2D eigenvalue weighted by atomic mass is 16.1. The van der Waals surface area contributed by atoms with E-state index in [0.717, 1.165) is 30.5 Å². The molecule has 1 aliphatic heterocycles. The molecular formula is C25H29N9O2. The Hall–Kier alpha value is -4.41. The highest BCUT2D eigenvalue weighted by Crippen LogP contribution is 2.27. The van der Waals surface area contributed by atoms with Crippen LogP contribution < -0.4 is 26.4 Å². The van der Waals surface area contributed by atoms with Crippen LogP contribution in [-0.4, -0.2) is 57.4 Å². The number of nitrogens with two attached hydrogens (primary N) is 1. The maximum Gasteiger partial charge on any atom is 0.271 e. The van der Waals surface area contributed by atoms with Gasteiger partial charge < -0.3 is 25.4 Å². The van der Waals surface area contributed by atoms with Gasteiger partial charge in [-0.15, -0.1) is 0 Å². The quantitative estimate of drug-likeness (QED) is 0.424. The Labute approximate surface area is 208 Å². The number of pyridine rings is 1. The number of primary amides is 1. The Bertz CT molecular complexity index is 1490. The molecule has 0 radical (unpaired) electrons. The molecule has 4 aromatic rings. The summed E-state index contributed by atoms with van der Waals surface area (Å²) in [7, 11) is 5.76. The number of benzene rings is 1. The van der Waals surface area contributed by atoms with Gasteiger partial charge in [0.15, 0.2) is 11.5 Å². The molecule has 1 aliphatic rings. The van der Waals surface area contributed by atoms with Crippen molar-refractivity contribution in [1.82, 2.24) is 24.3 Å². The first kappa shape index (κ1) is 23.3. The molecule has 0 spiro atoms. The molecule has 5 rings (SSSR count). The van der Waals surface area contributed by atoms with Crippen molar-refractivity contribution < 1.29 is 4.79 Å². The molecule has 0 bridgehead atoms. The van der Waals surface area contributed by atoms with Crippen LogP contribution in [0.3, 0.4) is 0 Å². The molecule has 3 N–H and O–H groups in total. The highest BCUT2D eigenvalue weighted by molar-refractivity contribution is 5.96. The number of hydrogen-bond acceptors (Lipinski definition) is 8. The normalized spacial score (nSPS) is 15.8. The lowest BCUT2D eigenvalue weighted by Gasteiger charge is -2.34. The van der Waals surface area contributed by atoms with Crippen LogP contribution in [0.2, 0.25) is 0 Å². The lowest BCUT2D eigenvalue weighted by atomic mass is 10.0. The van der Waals surface area contributed by atoms with Gasteiger partial charge in [0.25, 0.3) is 11.5 Å². The molecule has 1 atom stereocenters. The Morgan fingerprint density at radius 3 is 2.78 bits per heavy atom. The number of carbonyl (C=O) groups excluding carboxylic acids is 1. The van der Waals surface area contributed by atoms with Gasteiger partial charge in [0.05, 0.1) is 24.1 Å². The van der Waals surface area contributed by atoms with E-state index in [0.29, 0.717) is 23.4 Å². The highest BCUT2D eigenvalue weighted by Gasteiger charge is 2.25. The molecule has 1 unspecified atom stereocenters. The van der Waals surface area contributed by atoms with Crippen LogP contribution in [0.5, 0.6) is 0 Å². The van der Waals surface area contributed by atoms with Crippen LogP contribution in [0.1, 0.15) is 29.4 Å². The first-order valence-corrected chi connectivity index (χ1v) is 11.8. The van der Waals surface area contributed by atoms with Crippen molar-refractivity contribution in [3.05, 3.63) is 65.1 Å². The number of amides is 1. The number of rotatable bonds is 6. The van der Waals surface area contributed by atoms with E-state index in [1.807, 2.05) is 54.0 Å². The van der Waals surface area contributed by atoms with Gasteiger partial charge in [0.1, 0.15) is 5.82 Å². The zero-order chi connectivity index (χ0) is 25.4. The van der Waals surface area contributed by atoms with Crippen LogP contribution in [0.4, 0.5) is 23.0 Å². The van der Waals surface area contributed by atoms with E-state index < -0.39 is 5.91 Å². The van der Waals surface area contributed by atoms with Crippen molar-refractivity contribution in [2.24, 2.45) is 12.8 Å². The SMILES string of the molecule is CN(C)c1ccc2c(=O)n(C3CCCN(c4cnc(C(N)=O)c(Nc5cnn(C)c5)n4)C3)ccc2c1. The lowest BCUT2D eigenvalue weighted by molar-refractivity contribution is 0.0996. The van der Waals surface area contributed by atoms with Crippen molar-refractivity contribution in [3.8, 4) is 0 Å². The molecule has 0 aliphatic carbocycles. The van der Waals surface area contributed by atoms with Crippen LogP contribution >= 0.6 is 0 Å². The Balaban J connectivity index is 1.43. The van der Waals surface area contributed by atoms with E-state index in [9.17, 15) is 9.59 Å². The summed E-state index contributed by atoms with van der Waals surface area (Å²) in [6.07, 6.45) is 8.61. The van der Waals surface area contributed by atoms with Crippen LogP contribution in [0.25, 0.3) is 10.8 Å². The number of piperidine rings is 1. The molecule has 3 aromatic heterocycles. The van der Waals surface area contributed by atoms with Gasteiger partial charge >= 0.3 is 0 Å². The smallest absolute Gasteiger partial charge is 0.271 e. The number of nitrogens with zero attached hydrogens (tertiary/aromatic N) is 7. The van der Waals surface area contributed by atoms with Gasteiger partial charge in [0, 0.05) is 57.7 Å². The van der Waals surface area contributed by atoms with Crippen molar-refractivity contribution >= 4 is 39.7 Å². The van der Waals surface area contributed by atoms with Gasteiger partial charge in [-0.3, -0.25) is 14.3 Å². The molecule has 186 valence electrons. The zero-order valence-corrected chi connectivity index (χ0v) is 20.5. The van der Waals surface area contributed by atoms with Crippen molar-refractivity contribution in [2.75, 3.05) is 42.3 Å². The van der Waals surface area contributed by atoms with Crippen LogP contribution in [-0.2, 0) is 7.05 Å². The second-order valence-corrected chi connectivity index (χ2v) is 9.25. The summed E-state index contributed by atoms with van der Waals surface area (Å²) in [6.45, 7) is 1.36. The second kappa shape index (κ2) is 9.33. The molecule has 36 heavy (non-hydrogen) atoms. The van der Waals surface area contributed by atoms with Crippen molar-refractivity contribution in [1.29, 1.82) is 0 Å². The Morgan fingerprint density at radius 1 is 1.22 bits per heavy atom. The van der Waals surface area contributed by atoms with Crippen molar-refractivity contribution in [3.63, 3.8) is 0 Å². The summed E-state index contributed by atoms with van der Waals surface area (Å²) in [5.41, 5.74) is 7.31. The summed E-state index contributed by atoms with van der Waals surface area (Å²) in [5, 5.41) is 8.85. The average molecular weight is 488 g/mol. The number of hydrogen-bond donors (Lipinski definition) is 2. The molecule has 1 fully saturated rings. The van der Waals surface area contributed by atoms with E-state index in [1.54, 1.807) is 30.3 Å². The number of aryl methyl sites for hydroxylation is 1.